The van der Waals surface area contributed by atoms with E-state index >= 15 is 0 Å². The van der Waals surface area contributed by atoms with Crippen molar-refractivity contribution in [2.24, 2.45) is 0 Å². The third kappa shape index (κ3) is 3.28. The standard InChI is InChI=1S/C12H7BrCl2N2O/c13-8-1-7(4-16-5-8)2-11(18)12-10(15)3-9(14)6-17-12/h1,3-6H,2H2. The second-order valence-corrected chi connectivity index (χ2v) is 5.35. The van der Waals surface area contributed by atoms with Gasteiger partial charge in [-0.1, -0.05) is 23.2 Å². The van der Waals surface area contributed by atoms with Gasteiger partial charge in [-0.2, -0.15) is 0 Å². The summed E-state index contributed by atoms with van der Waals surface area (Å²) < 4.78 is 0.822. The topological polar surface area (TPSA) is 42.9 Å². The Balaban J connectivity index is 2.22. The minimum Gasteiger partial charge on any atom is -0.292 e. The highest BCUT2D eigenvalue weighted by Gasteiger charge is 2.13. The van der Waals surface area contributed by atoms with Crippen molar-refractivity contribution in [3.8, 4) is 0 Å². The maximum Gasteiger partial charge on any atom is 0.187 e. The first-order valence-electron chi connectivity index (χ1n) is 5.00. The number of pyridine rings is 2. The van der Waals surface area contributed by atoms with Crippen LogP contribution in [-0.2, 0) is 6.42 Å². The molecule has 2 heterocycles. The van der Waals surface area contributed by atoms with Crippen molar-refractivity contribution in [1.29, 1.82) is 0 Å². The van der Waals surface area contributed by atoms with Crippen LogP contribution in [0.2, 0.25) is 10.0 Å². The average Bonchev–Trinajstić information content (AvgIpc) is 2.28. The van der Waals surface area contributed by atoms with Crippen LogP contribution in [0.3, 0.4) is 0 Å². The largest absolute Gasteiger partial charge is 0.292 e. The lowest BCUT2D eigenvalue weighted by molar-refractivity contribution is 0.0988. The van der Waals surface area contributed by atoms with E-state index in [0.29, 0.717) is 5.02 Å². The number of hydrogen-bond donors (Lipinski definition) is 0. The molecule has 18 heavy (non-hydrogen) atoms. The lowest BCUT2D eigenvalue weighted by Gasteiger charge is -2.03. The molecule has 0 aromatic carbocycles. The van der Waals surface area contributed by atoms with E-state index < -0.39 is 0 Å². The molecule has 0 unspecified atom stereocenters. The monoisotopic (exact) mass is 344 g/mol. The minimum absolute atomic E-state index is 0.170. The second-order valence-electron chi connectivity index (χ2n) is 3.60. The number of nitrogens with zero attached hydrogens (tertiary/aromatic N) is 2. The number of aromatic nitrogens is 2. The van der Waals surface area contributed by atoms with Gasteiger partial charge in [0.05, 0.1) is 10.0 Å². The molecule has 0 aliphatic carbocycles. The molecule has 2 aromatic rings. The van der Waals surface area contributed by atoms with Gasteiger partial charge in [0.1, 0.15) is 5.69 Å². The minimum atomic E-state index is -0.170. The zero-order chi connectivity index (χ0) is 13.1. The molecule has 0 atom stereocenters. The van der Waals surface area contributed by atoms with Crippen LogP contribution in [0.25, 0.3) is 0 Å². The molecular weight excluding hydrogens is 339 g/mol. The highest BCUT2D eigenvalue weighted by Crippen LogP contribution is 2.20. The van der Waals surface area contributed by atoms with E-state index in [1.54, 1.807) is 12.4 Å². The highest BCUT2D eigenvalue weighted by atomic mass is 79.9. The van der Waals surface area contributed by atoms with Gasteiger partial charge >= 0.3 is 0 Å². The number of halogens is 3. The number of rotatable bonds is 3. The summed E-state index contributed by atoms with van der Waals surface area (Å²) in [5, 5.41) is 0.663. The zero-order valence-electron chi connectivity index (χ0n) is 9.03. The lowest BCUT2D eigenvalue weighted by Crippen LogP contribution is -2.07. The number of carbonyl (C=O) groups excluding carboxylic acids is 1. The molecule has 2 rings (SSSR count). The quantitative estimate of drug-likeness (QED) is 0.790. The normalized spacial score (nSPS) is 10.4. The van der Waals surface area contributed by atoms with Gasteiger partial charge in [-0.05, 0) is 33.6 Å². The van der Waals surface area contributed by atoms with Gasteiger partial charge in [0.15, 0.2) is 5.78 Å². The summed E-state index contributed by atoms with van der Waals surface area (Å²) >= 11 is 15.0. The molecule has 0 radical (unpaired) electrons. The van der Waals surface area contributed by atoms with Gasteiger partial charge in [-0.3, -0.25) is 9.78 Å². The van der Waals surface area contributed by atoms with Gasteiger partial charge in [0.25, 0.3) is 0 Å². The third-order valence-corrected chi connectivity index (χ3v) is 3.13. The van der Waals surface area contributed by atoms with Gasteiger partial charge in [-0.25, -0.2) is 4.98 Å². The number of hydrogen-bond acceptors (Lipinski definition) is 3. The Bertz CT molecular complexity index is 604. The van der Waals surface area contributed by atoms with Crippen molar-refractivity contribution in [1.82, 2.24) is 9.97 Å². The summed E-state index contributed by atoms with van der Waals surface area (Å²) in [6, 6.07) is 3.33. The summed E-state index contributed by atoms with van der Waals surface area (Å²) in [7, 11) is 0. The summed E-state index contributed by atoms with van der Waals surface area (Å²) in [5.41, 5.74) is 1.02. The Labute approximate surface area is 122 Å². The molecule has 0 saturated heterocycles. The molecule has 0 spiro atoms. The van der Waals surface area contributed by atoms with Crippen LogP contribution in [0, 0.1) is 0 Å². The van der Waals surface area contributed by atoms with Crippen LogP contribution >= 0.6 is 39.1 Å². The molecule has 0 saturated carbocycles. The SMILES string of the molecule is O=C(Cc1cncc(Br)c1)c1ncc(Cl)cc1Cl. The van der Waals surface area contributed by atoms with Crippen LogP contribution in [0.5, 0.6) is 0 Å². The Morgan fingerprint density at radius 1 is 1.22 bits per heavy atom. The van der Waals surface area contributed by atoms with Crippen LogP contribution in [0.15, 0.2) is 35.2 Å². The van der Waals surface area contributed by atoms with E-state index in [9.17, 15) is 4.79 Å². The smallest absolute Gasteiger partial charge is 0.187 e. The Morgan fingerprint density at radius 3 is 2.67 bits per heavy atom. The second kappa shape index (κ2) is 5.78. The van der Waals surface area contributed by atoms with Crippen molar-refractivity contribution in [3.05, 3.63) is 56.5 Å². The summed E-state index contributed by atoms with van der Waals surface area (Å²) in [5.74, 6) is -0.170. The van der Waals surface area contributed by atoms with Gasteiger partial charge in [0.2, 0.25) is 0 Å². The molecule has 0 fully saturated rings. The van der Waals surface area contributed by atoms with E-state index in [-0.39, 0.29) is 22.9 Å². The Morgan fingerprint density at radius 2 is 2.00 bits per heavy atom. The maximum atomic E-state index is 12.0. The molecule has 0 N–H and O–H groups in total. The number of ketones is 1. The summed E-state index contributed by atoms with van der Waals surface area (Å²) in [6.07, 6.45) is 4.88. The maximum absolute atomic E-state index is 12.0. The van der Waals surface area contributed by atoms with Gasteiger partial charge in [0, 0.05) is 29.5 Å². The van der Waals surface area contributed by atoms with Crippen LogP contribution in [0.4, 0.5) is 0 Å². The van der Waals surface area contributed by atoms with Crippen molar-refractivity contribution >= 4 is 44.9 Å². The van der Waals surface area contributed by atoms with Crippen molar-refractivity contribution in [2.75, 3.05) is 0 Å². The first-order chi connectivity index (χ1) is 8.56. The van der Waals surface area contributed by atoms with Crippen LogP contribution < -0.4 is 0 Å². The molecule has 0 aliphatic heterocycles. The fourth-order valence-electron chi connectivity index (χ4n) is 1.44. The fourth-order valence-corrected chi connectivity index (χ4v) is 2.34. The molecule has 0 aliphatic rings. The molecule has 92 valence electrons. The molecular formula is C12H7BrCl2N2O. The lowest BCUT2D eigenvalue weighted by atomic mass is 10.1. The van der Waals surface area contributed by atoms with E-state index in [1.165, 1.54) is 12.3 Å². The first kappa shape index (κ1) is 13.5. The van der Waals surface area contributed by atoms with E-state index in [1.807, 2.05) is 6.07 Å². The van der Waals surface area contributed by atoms with Crippen LogP contribution in [0.1, 0.15) is 16.1 Å². The molecule has 3 nitrogen and oxygen atoms in total. The number of Topliss-reactive ketones (excluding diaryl/α,β-unsaturated/α-hetero) is 1. The summed E-state index contributed by atoms with van der Waals surface area (Å²) in [4.78, 5) is 20.0. The van der Waals surface area contributed by atoms with Crippen molar-refractivity contribution < 1.29 is 4.79 Å². The number of carbonyl (C=O) groups is 1. The van der Waals surface area contributed by atoms with Crippen molar-refractivity contribution in [3.63, 3.8) is 0 Å². The molecule has 6 heteroatoms. The van der Waals surface area contributed by atoms with Crippen LogP contribution in [-0.4, -0.2) is 15.8 Å². The van der Waals surface area contributed by atoms with Crippen molar-refractivity contribution in [2.45, 2.75) is 6.42 Å². The Kier molecular flexibility index (Phi) is 4.32. The van der Waals surface area contributed by atoms with E-state index in [4.69, 9.17) is 23.2 Å². The van der Waals surface area contributed by atoms with Gasteiger partial charge in [-0.15, -0.1) is 0 Å². The summed E-state index contributed by atoms with van der Waals surface area (Å²) in [6.45, 7) is 0. The van der Waals surface area contributed by atoms with E-state index in [2.05, 4.69) is 25.9 Å². The molecule has 2 aromatic heterocycles. The molecule has 0 amide bonds. The predicted molar refractivity (Wildman–Crippen MR) is 74.2 cm³/mol. The van der Waals surface area contributed by atoms with Gasteiger partial charge < -0.3 is 0 Å². The third-order valence-electron chi connectivity index (χ3n) is 2.20. The predicted octanol–water partition coefficient (Wildman–Crippen LogP) is 3.97. The Hall–Kier alpha value is -0.970. The highest BCUT2D eigenvalue weighted by molar-refractivity contribution is 9.10. The first-order valence-corrected chi connectivity index (χ1v) is 6.55. The zero-order valence-corrected chi connectivity index (χ0v) is 12.1. The van der Waals surface area contributed by atoms with E-state index in [0.717, 1.165) is 10.0 Å². The fraction of sp³-hybridized carbons (Fsp3) is 0.0833. The average molecular weight is 346 g/mol. The molecule has 0 bridgehead atoms.